The third-order valence-corrected chi connectivity index (χ3v) is 4.29. The first kappa shape index (κ1) is 12.0. The summed E-state index contributed by atoms with van der Waals surface area (Å²) >= 11 is 6.16. The van der Waals surface area contributed by atoms with Crippen molar-refractivity contribution >= 4 is 22.5 Å². The number of nitrogens with two attached hydrogens (primary N) is 1. The van der Waals surface area contributed by atoms with Crippen LogP contribution in [0.4, 0.5) is 0 Å². The molecule has 2 aromatic rings. The number of nitrogens with one attached hydrogen (secondary N) is 1. The Balaban J connectivity index is 1.99. The normalized spacial score (nSPS) is 19.2. The van der Waals surface area contributed by atoms with Crippen molar-refractivity contribution in [3.8, 4) is 0 Å². The Morgan fingerprint density at radius 1 is 1.28 bits per heavy atom. The van der Waals surface area contributed by atoms with E-state index in [4.69, 9.17) is 17.3 Å². The summed E-state index contributed by atoms with van der Waals surface area (Å²) in [6.07, 6.45) is 8.25. The minimum atomic E-state index is 0.0732. The lowest BCUT2D eigenvalue weighted by atomic mass is 9.81. The fourth-order valence-electron chi connectivity index (χ4n) is 3.07. The van der Waals surface area contributed by atoms with Gasteiger partial charge >= 0.3 is 0 Å². The molecular formula is C14H18ClN3. The lowest BCUT2D eigenvalue weighted by molar-refractivity contribution is 0.309. The summed E-state index contributed by atoms with van der Waals surface area (Å²) in [5, 5.41) is 8.90. The van der Waals surface area contributed by atoms with Crippen molar-refractivity contribution in [2.24, 2.45) is 11.7 Å². The number of hydrogen-bond donors (Lipinski definition) is 2. The van der Waals surface area contributed by atoms with E-state index in [2.05, 4.69) is 10.2 Å². The molecule has 1 aromatic heterocycles. The fraction of sp³-hybridized carbons (Fsp3) is 0.500. The van der Waals surface area contributed by atoms with Crippen molar-refractivity contribution in [2.45, 2.75) is 38.1 Å². The van der Waals surface area contributed by atoms with Gasteiger partial charge in [-0.25, -0.2) is 0 Å². The maximum atomic E-state index is 6.46. The van der Waals surface area contributed by atoms with Crippen LogP contribution in [0, 0.1) is 5.92 Å². The van der Waals surface area contributed by atoms with Gasteiger partial charge in [0.1, 0.15) is 0 Å². The van der Waals surface area contributed by atoms with Gasteiger partial charge in [-0.2, -0.15) is 5.10 Å². The Hall–Kier alpha value is -1.06. The van der Waals surface area contributed by atoms with E-state index in [0.29, 0.717) is 5.92 Å². The molecule has 3 nitrogen and oxygen atoms in total. The van der Waals surface area contributed by atoms with E-state index in [1.165, 1.54) is 32.1 Å². The number of nitrogens with zero attached hydrogens (tertiary/aromatic N) is 1. The molecule has 0 saturated heterocycles. The van der Waals surface area contributed by atoms with E-state index in [0.717, 1.165) is 21.5 Å². The van der Waals surface area contributed by atoms with E-state index in [1.54, 1.807) is 0 Å². The topological polar surface area (TPSA) is 54.7 Å². The van der Waals surface area contributed by atoms with Crippen molar-refractivity contribution in [3.05, 3.63) is 28.9 Å². The van der Waals surface area contributed by atoms with Gasteiger partial charge in [-0.05, 0) is 36.5 Å². The highest BCUT2D eigenvalue weighted by Gasteiger charge is 2.23. The average molecular weight is 264 g/mol. The van der Waals surface area contributed by atoms with Crippen molar-refractivity contribution in [3.63, 3.8) is 0 Å². The van der Waals surface area contributed by atoms with Crippen LogP contribution >= 0.6 is 11.6 Å². The number of fused-ring (bicyclic) bond motifs is 1. The second-order valence-electron chi connectivity index (χ2n) is 5.25. The Labute approximate surface area is 112 Å². The molecule has 3 rings (SSSR count). The lowest BCUT2D eigenvalue weighted by Gasteiger charge is -2.28. The van der Waals surface area contributed by atoms with Crippen LogP contribution < -0.4 is 5.73 Å². The molecule has 0 amide bonds. The van der Waals surface area contributed by atoms with E-state index < -0.39 is 0 Å². The van der Waals surface area contributed by atoms with Gasteiger partial charge in [0.15, 0.2) is 0 Å². The van der Waals surface area contributed by atoms with Gasteiger partial charge in [0, 0.05) is 16.5 Å². The van der Waals surface area contributed by atoms with Gasteiger partial charge < -0.3 is 5.73 Å². The smallest absolute Gasteiger partial charge is 0.0668 e. The molecule has 1 aliphatic rings. The number of benzene rings is 1. The van der Waals surface area contributed by atoms with Crippen LogP contribution in [0.5, 0.6) is 0 Å². The third-order valence-electron chi connectivity index (χ3n) is 4.07. The molecule has 1 aromatic carbocycles. The number of H-pyrrole nitrogens is 1. The van der Waals surface area contributed by atoms with E-state index in [1.807, 2.05) is 18.3 Å². The van der Waals surface area contributed by atoms with Crippen LogP contribution in [0.1, 0.15) is 43.7 Å². The number of aromatic amines is 1. The molecule has 18 heavy (non-hydrogen) atoms. The molecule has 96 valence electrons. The first-order valence-electron chi connectivity index (χ1n) is 6.64. The molecule has 1 fully saturated rings. The molecule has 0 spiro atoms. The Morgan fingerprint density at radius 2 is 2.06 bits per heavy atom. The first-order chi connectivity index (χ1) is 8.75. The van der Waals surface area contributed by atoms with Gasteiger partial charge in [-0.15, -0.1) is 0 Å². The number of rotatable bonds is 2. The zero-order valence-electron chi connectivity index (χ0n) is 10.3. The molecule has 0 radical (unpaired) electrons. The van der Waals surface area contributed by atoms with Gasteiger partial charge in [0.25, 0.3) is 0 Å². The molecule has 1 aliphatic carbocycles. The van der Waals surface area contributed by atoms with Gasteiger partial charge in [0.2, 0.25) is 0 Å². The SMILES string of the molecule is NC(c1cc(Cl)cc2[nH]ncc12)C1CCCCC1. The predicted molar refractivity (Wildman–Crippen MR) is 74.6 cm³/mol. The third kappa shape index (κ3) is 2.13. The summed E-state index contributed by atoms with van der Waals surface area (Å²) in [7, 11) is 0. The van der Waals surface area contributed by atoms with Crippen molar-refractivity contribution in [1.82, 2.24) is 10.2 Å². The van der Waals surface area contributed by atoms with Crippen molar-refractivity contribution in [2.75, 3.05) is 0 Å². The van der Waals surface area contributed by atoms with Gasteiger partial charge in [-0.3, -0.25) is 5.10 Å². The number of aromatic nitrogens is 2. The van der Waals surface area contributed by atoms with Crippen LogP contribution in [0.2, 0.25) is 5.02 Å². The molecule has 1 saturated carbocycles. The van der Waals surface area contributed by atoms with E-state index in [-0.39, 0.29) is 6.04 Å². The molecule has 0 aliphatic heterocycles. The molecule has 3 N–H and O–H groups in total. The highest BCUT2D eigenvalue weighted by Crippen LogP contribution is 2.36. The standard InChI is InChI=1S/C14H18ClN3/c15-10-6-11(12-8-17-18-13(12)7-10)14(16)9-4-2-1-3-5-9/h6-9,14H,1-5,16H2,(H,17,18). The summed E-state index contributed by atoms with van der Waals surface area (Å²) in [4.78, 5) is 0. The predicted octanol–water partition coefficient (Wildman–Crippen LogP) is 3.80. The van der Waals surface area contributed by atoms with Crippen LogP contribution in [0.15, 0.2) is 18.3 Å². The number of halogens is 1. The molecule has 1 heterocycles. The zero-order chi connectivity index (χ0) is 12.5. The van der Waals surface area contributed by atoms with Crippen molar-refractivity contribution < 1.29 is 0 Å². The van der Waals surface area contributed by atoms with Crippen molar-refractivity contribution in [1.29, 1.82) is 0 Å². The maximum Gasteiger partial charge on any atom is 0.0668 e. The molecular weight excluding hydrogens is 246 g/mol. The Bertz CT molecular complexity index is 543. The number of hydrogen-bond acceptors (Lipinski definition) is 2. The Morgan fingerprint density at radius 3 is 2.83 bits per heavy atom. The molecule has 1 atom stereocenters. The largest absolute Gasteiger partial charge is 0.324 e. The van der Waals surface area contributed by atoms with E-state index in [9.17, 15) is 0 Å². The summed E-state index contributed by atoms with van der Waals surface area (Å²) in [5.74, 6) is 0.579. The monoisotopic (exact) mass is 263 g/mol. The highest BCUT2D eigenvalue weighted by atomic mass is 35.5. The molecule has 0 bridgehead atoms. The zero-order valence-corrected chi connectivity index (χ0v) is 11.1. The summed E-state index contributed by atoms with van der Waals surface area (Å²) in [6, 6.07) is 3.98. The highest BCUT2D eigenvalue weighted by molar-refractivity contribution is 6.31. The fourth-order valence-corrected chi connectivity index (χ4v) is 3.29. The summed E-state index contributed by atoms with van der Waals surface area (Å²) < 4.78 is 0. The van der Waals surface area contributed by atoms with Gasteiger partial charge in [-0.1, -0.05) is 30.9 Å². The van der Waals surface area contributed by atoms with E-state index >= 15 is 0 Å². The molecule has 4 heteroatoms. The van der Waals surface area contributed by atoms with Crippen LogP contribution in [0.25, 0.3) is 10.9 Å². The second kappa shape index (κ2) is 4.90. The van der Waals surface area contributed by atoms with Crippen LogP contribution in [0.3, 0.4) is 0 Å². The second-order valence-corrected chi connectivity index (χ2v) is 5.69. The minimum absolute atomic E-state index is 0.0732. The minimum Gasteiger partial charge on any atom is -0.324 e. The van der Waals surface area contributed by atoms with Crippen LogP contribution in [-0.4, -0.2) is 10.2 Å². The lowest BCUT2D eigenvalue weighted by Crippen LogP contribution is -2.23. The van der Waals surface area contributed by atoms with Crippen LogP contribution in [-0.2, 0) is 0 Å². The summed E-state index contributed by atoms with van der Waals surface area (Å²) in [5.41, 5.74) is 8.58. The summed E-state index contributed by atoms with van der Waals surface area (Å²) in [6.45, 7) is 0. The van der Waals surface area contributed by atoms with Gasteiger partial charge in [0.05, 0.1) is 11.7 Å². The maximum absolute atomic E-state index is 6.46. The average Bonchev–Trinajstić information content (AvgIpc) is 2.86. The Kier molecular flexibility index (Phi) is 3.27. The molecule has 1 unspecified atom stereocenters. The quantitative estimate of drug-likeness (QED) is 0.866. The first-order valence-corrected chi connectivity index (χ1v) is 7.01.